The van der Waals surface area contributed by atoms with Gasteiger partial charge in [0.15, 0.2) is 0 Å². The maximum absolute atomic E-state index is 12.0. The number of aryl methyl sites for hydroxylation is 1. The molecule has 0 spiro atoms. The zero-order valence-electron chi connectivity index (χ0n) is 9.77. The SMILES string of the molecule is C=O.CC.CCc1ccc(C(F)(F)F)cc1. The first-order valence-electron chi connectivity index (χ1n) is 4.99. The van der Waals surface area contributed by atoms with Crippen molar-refractivity contribution in [2.24, 2.45) is 0 Å². The predicted octanol–water partition coefficient (Wildman–Crippen LogP) is 4.11. The highest BCUT2D eigenvalue weighted by atomic mass is 19.4. The summed E-state index contributed by atoms with van der Waals surface area (Å²) in [5.41, 5.74) is 0.336. The van der Waals surface area contributed by atoms with Crippen LogP contribution in [0.4, 0.5) is 13.2 Å². The lowest BCUT2D eigenvalue weighted by atomic mass is 10.1. The average molecular weight is 234 g/mol. The van der Waals surface area contributed by atoms with E-state index in [0.717, 1.165) is 24.1 Å². The molecule has 0 aliphatic rings. The molecule has 0 saturated carbocycles. The molecule has 0 N–H and O–H groups in total. The Kier molecular flexibility index (Phi) is 9.55. The quantitative estimate of drug-likeness (QED) is 0.714. The van der Waals surface area contributed by atoms with E-state index in [2.05, 4.69) is 0 Å². The molecule has 0 aliphatic carbocycles. The van der Waals surface area contributed by atoms with E-state index in [-0.39, 0.29) is 0 Å². The van der Waals surface area contributed by atoms with Crippen molar-refractivity contribution in [3.63, 3.8) is 0 Å². The molecule has 92 valence electrons. The lowest BCUT2D eigenvalue weighted by Crippen LogP contribution is -2.04. The van der Waals surface area contributed by atoms with Crippen LogP contribution >= 0.6 is 0 Å². The van der Waals surface area contributed by atoms with Crippen molar-refractivity contribution >= 4 is 6.79 Å². The van der Waals surface area contributed by atoms with Crippen LogP contribution in [0, 0.1) is 0 Å². The smallest absolute Gasteiger partial charge is 0.307 e. The molecule has 4 heteroatoms. The fraction of sp³-hybridized carbons (Fsp3) is 0.417. The Bertz CT molecular complexity index is 265. The molecule has 0 saturated heterocycles. The van der Waals surface area contributed by atoms with Crippen molar-refractivity contribution in [2.75, 3.05) is 0 Å². The lowest BCUT2D eigenvalue weighted by Gasteiger charge is -2.06. The summed E-state index contributed by atoms with van der Waals surface area (Å²) in [6.45, 7) is 7.91. The highest BCUT2D eigenvalue weighted by Crippen LogP contribution is 2.28. The third-order valence-corrected chi connectivity index (χ3v) is 1.69. The zero-order valence-corrected chi connectivity index (χ0v) is 9.77. The minimum Gasteiger partial charge on any atom is -0.307 e. The molecule has 0 bridgehead atoms. The molecule has 16 heavy (non-hydrogen) atoms. The van der Waals surface area contributed by atoms with Crippen LogP contribution in [0.2, 0.25) is 0 Å². The van der Waals surface area contributed by atoms with E-state index >= 15 is 0 Å². The molecular weight excluding hydrogens is 217 g/mol. The summed E-state index contributed by atoms with van der Waals surface area (Å²) >= 11 is 0. The van der Waals surface area contributed by atoms with Gasteiger partial charge in [0.05, 0.1) is 5.56 Å². The standard InChI is InChI=1S/C9H9F3.C2H6.CH2O/c1-2-7-3-5-8(6-4-7)9(10,11)12;2*1-2/h3-6H,2H2,1H3;1-2H3;1H2. The van der Waals surface area contributed by atoms with Crippen molar-refractivity contribution in [1.29, 1.82) is 0 Å². The number of halogens is 3. The maximum atomic E-state index is 12.0. The van der Waals surface area contributed by atoms with Gasteiger partial charge in [-0.05, 0) is 24.1 Å². The molecule has 1 rings (SSSR count). The van der Waals surface area contributed by atoms with Gasteiger partial charge in [0.25, 0.3) is 0 Å². The van der Waals surface area contributed by atoms with E-state index in [1.54, 1.807) is 0 Å². The normalized spacial score (nSPS) is 9.38. The average Bonchev–Trinajstić information content (AvgIpc) is 2.33. The fourth-order valence-corrected chi connectivity index (χ4v) is 0.929. The summed E-state index contributed by atoms with van der Waals surface area (Å²) in [6.07, 6.45) is -3.45. The van der Waals surface area contributed by atoms with Gasteiger partial charge in [0.2, 0.25) is 0 Å². The number of hydrogen-bond acceptors (Lipinski definition) is 1. The van der Waals surface area contributed by atoms with E-state index in [1.165, 1.54) is 12.1 Å². The molecule has 0 amide bonds. The first-order chi connectivity index (χ1) is 7.54. The second kappa shape index (κ2) is 8.95. The van der Waals surface area contributed by atoms with Gasteiger partial charge in [-0.3, -0.25) is 0 Å². The van der Waals surface area contributed by atoms with Crippen LogP contribution in [0.5, 0.6) is 0 Å². The Hall–Kier alpha value is -1.32. The van der Waals surface area contributed by atoms with Crippen LogP contribution < -0.4 is 0 Å². The second-order valence-electron chi connectivity index (χ2n) is 2.55. The van der Waals surface area contributed by atoms with Crippen LogP contribution in [-0.4, -0.2) is 6.79 Å². The second-order valence-corrected chi connectivity index (χ2v) is 2.55. The van der Waals surface area contributed by atoms with Crippen molar-refractivity contribution in [3.05, 3.63) is 35.4 Å². The van der Waals surface area contributed by atoms with Gasteiger partial charge < -0.3 is 4.79 Å². The number of hydrogen-bond donors (Lipinski definition) is 0. The van der Waals surface area contributed by atoms with Crippen LogP contribution in [0.3, 0.4) is 0 Å². The summed E-state index contributed by atoms with van der Waals surface area (Å²) in [4.78, 5) is 8.00. The number of benzene rings is 1. The third kappa shape index (κ3) is 6.22. The molecule has 0 heterocycles. The van der Waals surface area contributed by atoms with E-state index in [0.29, 0.717) is 0 Å². The Morgan fingerprint density at radius 2 is 1.44 bits per heavy atom. The summed E-state index contributed by atoms with van der Waals surface area (Å²) in [6, 6.07) is 5.23. The van der Waals surface area contributed by atoms with Gasteiger partial charge >= 0.3 is 6.18 Å². The van der Waals surface area contributed by atoms with E-state index < -0.39 is 11.7 Å². The monoisotopic (exact) mass is 234 g/mol. The van der Waals surface area contributed by atoms with Crippen LogP contribution in [0.15, 0.2) is 24.3 Å². The Balaban J connectivity index is 0. The highest BCUT2D eigenvalue weighted by molar-refractivity contribution is 5.24. The molecule has 0 radical (unpaired) electrons. The maximum Gasteiger partial charge on any atom is 0.416 e. The largest absolute Gasteiger partial charge is 0.416 e. The predicted molar refractivity (Wildman–Crippen MR) is 59.3 cm³/mol. The van der Waals surface area contributed by atoms with Crippen molar-refractivity contribution in [3.8, 4) is 0 Å². The van der Waals surface area contributed by atoms with Gasteiger partial charge in [-0.2, -0.15) is 13.2 Å². The fourth-order valence-electron chi connectivity index (χ4n) is 0.929. The summed E-state index contributed by atoms with van der Waals surface area (Å²) < 4.78 is 36.1. The van der Waals surface area contributed by atoms with Crippen LogP contribution in [-0.2, 0) is 17.4 Å². The summed E-state index contributed by atoms with van der Waals surface area (Å²) in [7, 11) is 0. The first-order valence-corrected chi connectivity index (χ1v) is 4.99. The molecule has 1 aromatic carbocycles. The minimum atomic E-state index is -4.22. The first kappa shape index (κ1) is 17.1. The topological polar surface area (TPSA) is 17.1 Å². The number of carbonyl (C=O) groups excluding carboxylic acids is 1. The molecule has 0 fully saturated rings. The molecular formula is C12H17F3O. The molecule has 1 aromatic rings. The number of carbonyl (C=O) groups is 1. The van der Waals surface area contributed by atoms with Gasteiger partial charge in [-0.1, -0.05) is 32.9 Å². The van der Waals surface area contributed by atoms with Crippen molar-refractivity contribution in [2.45, 2.75) is 33.4 Å². The third-order valence-electron chi connectivity index (χ3n) is 1.69. The van der Waals surface area contributed by atoms with Gasteiger partial charge in [0.1, 0.15) is 6.79 Å². The zero-order chi connectivity index (χ0) is 13.2. The molecule has 0 aromatic heterocycles. The van der Waals surface area contributed by atoms with Gasteiger partial charge in [-0.15, -0.1) is 0 Å². The van der Waals surface area contributed by atoms with Gasteiger partial charge in [-0.25, -0.2) is 0 Å². The van der Waals surface area contributed by atoms with E-state index in [9.17, 15) is 13.2 Å². The van der Waals surface area contributed by atoms with Crippen molar-refractivity contribution < 1.29 is 18.0 Å². The van der Waals surface area contributed by atoms with Gasteiger partial charge in [0, 0.05) is 0 Å². The molecule has 0 atom stereocenters. The molecule has 0 unspecified atom stereocenters. The highest BCUT2D eigenvalue weighted by Gasteiger charge is 2.29. The molecule has 0 aliphatic heterocycles. The van der Waals surface area contributed by atoms with Crippen LogP contribution in [0.25, 0.3) is 0 Å². The summed E-state index contributed by atoms with van der Waals surface area (Å²) in [5.74, 6) is 0. The number of rotatable bonds is 1. The Morgan fingerprint density at radius 1 is 1.06 bits per heavy atom. The number of alkyl halides is 3. The Labute approximate surface area is 94.3 Å². The Morgan fingerprint density at radius 3 is 1.69 bits per heavy atom. The summed E-state index contributed by atoms with van der Waals surface area (Å²) in [5, 5.41) is 0. The minimum absolute atomic E-state index is 0.584. The van der Waals surface area contributed by atoms with E-state index in [4.69, 9.17) is 4.79 Å². The van der Waals surface area contributed by atoms with E-state index in [1.807, 2.05) is 27.6 Å². The lowest BCUT2D eigenvalue weighted by molar-refractivity contribution is -0.137. The molecule has 1 nitrogen and oxygen atoms in total. The van der Waals surface area contributed by atoms with Crippen molar-refractivity contribution in [1.82, 2.24) is 0 Å². The van der Waals surface area contributed by atoms with Crippen LogP contribution in [0.1, 0.15) is 31.9 Å².